The minimum Gasteiger partial charge on any atom is -0.366 e. The Labute approximate surface area is 161 Å². The molecule has 6 heteroatoms. The standard InChI is InChI=1S/C21H29N5O/c1-14-9-18-17(24-20(14)25-19(27)10-21(3,4)5)7-6-8-26(18)13-16-11-22-15(2)23-12-16/h9,11-12H,6-8,10,13H2,1-5H3,(H,24,25,27). The van der Waals surface area contributed by atoms with Crippen molar-refractivity contribution < 1.29 is 4.79 Å². The molecule has 144 valence electrons. The van der Waals surface area contributed by atoms with Gasteiger partial charge in [0.2, 0.25) is 5.91 Å². The molecule has 1 amide bonds. The minimum absolute atomic E-state index is 0.0162. The average Bonchev–Trinajstić information content (AvgIpc) is 2.56. The number of rotatable bonds is 4. The van der Waals surface area contributed by atoms with Crippen LogP contribution >= 0.6 is 0 Å². The number of aromatic nitrogens is 3. The van der Waals surface area contributed by atoms with E-state index in [2.05, 4.69) is 47.0 Å². The van der Waals surface area contributed by atoms with Gasteiger partial charge in [0.15, 0.2) is 0 Å². The van der Waals surface area contributed by atoms with Crippen LogP contribution in [0, 0.1) is 19.3 Å². The smallest absolute Gasteiger partial charge is 0.226 e. The molecule has 6 nitrogen and oxygen atoms in total. The van der Waals surface area contributed by atoms with Gasteiger partial charge >= 0.3 is 0 Å². The third-order valence-electron chi connectivity index (χ3n) is 4.61. The third kappa shape index (κ3) is 5.02. The number of fused-ring (bicyclic) bond motifs is 1. The number of hydrogen-bond acceptors (Lipinski definition) is 5. The maximum absolute atomic E-state index is 12.3. The summed E-state index contributed by atoms with van der Waals surface area (Å²) < 4.78 is 0. The van der Waals surface area contributed by atoms with Crippen molar-refractivity contribution in [1.29, 1.82) is 0 Å². The van der Waals surface area contributed by atoms with E-state index in [1.807, 2.05) is 26.2 Å². The van der Waals surface area contributed by atoms with Crippen LogP contribution in [-0.2, 0) is 17.8 Å². The Morgan fingerprint density at radius 1 is 1.22 bits per heavy atom. The summed E-state index contributed by atoms with van der Waals surface area (Å²) in [7, 11) is 0. The lowest BCUT2D eigenvalue weighted by molar-refractivity contribution is -0.117. The second-order valence-corrected chi connectivity index (χ2v) is 8.57. The van der Waals surface area contributed by atoms with E-state index in [1.165, 1.54) is 0 Å². The van der Waals surface area contributed by atoms with Crippen LogP contribution in [0.25, 0.3) is 0 Å². The van der Waals surface area contributed by atoms with Crippen molar-refractivity contribution in [2.45, 2.75) is 60.4 Å². The molecule has 2 aromatic heterocycles. The highest BCUT2D eigenvalue weighted by Gasteiger charge is 2.22. The molecule has 3 heterocycles. The minimum atomic E-state index is -0.0426. The Balaban J connectivity index is 1.79. The SMILES string of the molecule is Cc1ncc(CN2CCCc3nc(NC(=O)CC(C)(C)C)c(C)cc32)cn1. The van der Waals surface area contributed by atoms with Gasteiger partial charge in [-0.15, -0.1) is 0 Å². The van der Waals surface area contributed by atoms with Crippen LogP contribution in [0.3, 0.4) is 0 Å². The molecule has 0 saturated heterocycles. The summed E-state index contributed by atoms with van der Waals surface area (Å²) in [6, 6.07) is 2.14. The van der Waals surface area contributed by atoms with Crippen LogP contribution < -0.4 is 10.2 Å². The summed E-state index contributed by atoms with van der Waals surface area (Å²) in [5.74, 6) is 1.48. The maximum Gasteiger partial charge on any atom is 0.226 e. The van der Waals surface area contributed by atoms with Crippen molar-refractivity contribution in [3.8, 4) is 0 Å². The fourth-order valence-corrected chi connectivity index (χ4v) is 3.32. The van der Waals surface area contributed by atoms with Gasteiger partial charge in [0, 0.05) is 37.5 Å². The molecular weight excluding hydrogens is 338 g/mol. The van der Waals surface area contributed by atoms with Crippen molar-refractivity contribution in [2.24, 2.45) is 5.41 Å². The number of anilines is 2. The summed E-state index contributed by atoms with van der Waals surface area (Å²) in [6.07, 6.45) is 6.23. The summed E-state index contributed by atoms with van der Waals surface area (Å²) in [5.41, 5.74) is 4.23. The fourth-order valence-electron chi connectivity index (χ4n) is 3.32. The first-order valence-electron chi connectivity index (χ1n) is 9.54. The fraction of sp³-hybridized carbons (Fsp3) is 0.524. The molecule has 3 rings (SSSR count). The number of carbonyl (C=O) groups is 1. The molecule has 1 aliphatic heterocycles. The first-order chi connectivity index (χ1) is 12.7. The van der Waals surface area contributed by atoms with Gasteiger partial charge in [-0.1, -0.05) is 20.8 Å². The van der Waals surface area contributed by atoms with Gasteiger partial charge in [0.1, 0.15) is 11.6 Å². The predicted molar refractivity (Wildman–Crippen MR) is 108 cm³/mol. The van der Waals surface area contributed by atoms with Crippen molar-refractivity contribution in [3.63, 3.8) is 0 Å². The Morgan fingerprint density at radius 3 is 2.59 bits per heavy atom. The lowest BCUT2D eigenvalue weighted by Crippen LogP contribution is -2.30. The summed E-state index contributed by atoms with van der Waals surface area (Å²) in [4.78, 5) is 28.0. The maximum atomic E-state index is 12.3. The van der Waals surface area contributed by atoms with Gasteiger partial charge in [-0.3, -0.25) is 4.79 Å². The Kier molecular flexibility index (Phi) is 5.44. The van der Waals surface area contributed by atoms with Crippen LogP contribution in [0.2, 0.25) is 0 Å². The lowest BCUT2D eigenvalue weighted by Gasteiger charge is -2.31. The highest BCUT2D eigenvalue weighted by molar-refractivity contribution is 5.91. The van der Waals surface area contributed by atoms with Crippen LogP contribution in [0.4, 0.5) is 11.5 Å². The molecule has 0 unspecified atom stereocenters. The number of nitrogens with one attached hydrogen (secondary N) is 1. The molecule has 0 saturated carbocycles. The summed E-state index contributed by atoms with van der Waals surface area (Å²) in [5, 5.41) is 3.00. The topological polar surface area (TPSA) is 71.0 Å². The first-order valence-corrected chi connectivity index (χ1v) is 9.54. The number of hydrogen-bond donors (Lipinski definition) is 1. The molecule has 0 atom stereocenters. The van der Waals surface area contributed by atoms with Crippen LogP contribution in [0.15, 0.2) is 18.5 Å². The zero-order valence-corrected chi connectivity index (χ0v) is 17.0. The van der Waals surface area contributed by atoms with Crippen molar-refractivity contribution >= 4 is 17.4 Å². The van der Waals surface area contributed by atoms with Crippen molar-refractivity contribution in [2.75, 3.05) is 16.8 Å². The van der Waals surface area contributed by atoms with Gasteiger partial charge in [-0.05, 0) is 43.7 Å². The number of amides is 1. The largest absolute Gasteiger partial charge is 0.366 e. The summed E-state index contributed by atoms with van der Waals surface area (Å²) in [6.45, 7) is 11.8. The van der Waals surface area contributed by atoms with Gasteiger partial charge < -0.3 is 10.2 Å². The molecule has 1 aliphatic rings. The van der Waals surface area contributed by atoms with E-state index in [0.717, 1.165) is 54.3 Å². The van der Waals surface area contributed by atoms with Gasteiger partial charge in [0.25, 0.3) is 0 Å². The van der Waals surface area contributed by atoms with E-state index in [0.29, 0.717) is 12.2 Å². The molecule has 0 bridgehead atoms. The van der Waals surface area contributed by atoms with E-state index in [-0.39, 0.29) is 11.3 Å². The zero-order chi connectivity index (χ0) is 19.6. The normalized spacial score (nSPS) is 14.0. The summed E-state index contributed by atoms with van der Waals surface area (Å²) >= 11 is 0. The quantitative estimate of drug-likeness (QED) is 0.889. The average molecular weight is 367 g/mol. The molecule has 0 fully saturated rings. The second-order valence-electron chi connectivity index (χ2n) is 8.57. The van der Waals surface area contributed by atoms with Crippen LogP contribution in [0.1, 0.15) is 56.3 Å². The zero-order valence-electron chi connectivity index (χ0n) is 17.0. The van der Waals surface area contributed by atoms with Gasteiger partial charge in [-0.2, -0.15) is 0 Å². The van der Waals surface area contributed by atoms with E-state index >= 15 is 0 Å². The monoisotopic (exact) mass is 367 g/mol. The van der Waals surface area contributed by atoms with E-state index in [4.69, 9.17) is 4.98 Å². The molecule has 1 N–H and O–H groups in total. The number of carbonyl (C=O) groups excluding carboxylic acids is 1. The van der Waals surface area contributed by atoms with Crippen molar-refractivity contribution in [3.05, 3.63) is 41.1 Å². The molecule has 0 radical (unpaired) electrons. The van der Waals surface area contributed by atoms with Gasteiger partial charge in [-0.25, -0.2) is 15.0 Å². The second kappa shape index (κ2) is 7.62. The van der Waals surface area contributed by atoms with Crippen LogP contribution in [0.5, 0.6) is 0 Å². The van der Waals surface area contributed by atoms with Gasteiger partial charge in [0.05, 0.1) is 11.4 Å². The molecule has 0 aromatic carbocycles. The van der Waals surface area contributed by atoms with E-state index in [9.17, 15) is 4.79 Å². The molecule has 2 aromatic rings. The molecule has 0 aliphatic carbocycles. The Bertz CT molecular complexity index is 824. The number of nitrogens with zero attached hydrogens (tertiary/aromatic N) is 4. The molecule has 27 heavy (non-hydrogen) atoms. The number of aryl methyl sites for hydroxylation is 3. The Hall–Kier alpha value is -2.50. The third-order valence-corrected chi connectivity index (χ3v) is 4.61. The molecular formula is C21H29N5O. The van der Waals surface area contributed by atoms with E-state index in [1.54, 1.807) is 0 Å². The Morgan fingerprint density at radius 2 is 1.93 bits per heavy atom. The first kappa shape index (κ1) is 19.3. The highest BCUT2D eigenvalue weighted by Crippen LogP contribution is 2.31. The predicted octanol–water partition coefficient (Wildman–Crippen LogP) is 3.82. The van der Waals surface area contributed by atoms with Crippen molar-refractivity contribution in [1.82, 2.24) is 15.0 Å². The lowest BCUT2D eigenvalue weighted by atomic mass is 9.92. The van der Waals surface area contributed by atoms with Crippen LogP contribution in [-0.4, -0.2) is 27.4 Å². The highest BCUT2D eigenvalue weighted by atomic mass is 16.1. The molecule has 0 spiro atoms. The van der Waals surface area contributed by atoms with E-state index < -0.39 is 0 Å². The number of pyridine rings is 1.